The number of nitrogens with zero attached hydrogens (tertiary/aromatic N) is 1. The van der Waals surface area contributed by atoms with Gasteiger partial charge >= 0.3 is 0 Å². The fourth-order valence-electron chi connectivity index (χ4n) is 2.69. The first kappa shape index (κ1) is 10.8. The highest BCUT2D eigenvalue weighted by Gasteiger charge is 2.29. The maximum atomic E-state index is 5.96. The molecule has 0 saturated carbocycles. The normalized spacial score (nSPS) is 24.6. The Kier molecular flexibility index (Phi) is 2.44. The number of rotatable bonds is 1. The topological polar surface area (TPSA) is 38.1 Å². The van der Waals surface area contributed by atoms with E-state index in [-0.39, 0.29) is 0 Å². The molecule has 1 saturated heterocycles. The lowest BCUT2D eigenvalue weighted by atomic mass is 9.98. The van der Waals surface area contributed by atoms with E-state index in [9.17, 15) is 0 Å². The highest BCUT2D eigenvalue weighted by Crippen LogP contribution is 2.31. The van der Waals surface area contributed by atoms with Gasteiger partial charge < -0.3 is 9.73 Å². The third kappa shape index (κ3) is 1.75. The summed E-state index contributed by atoms with van der Waals surface area (Å²) < 4.78 is 5.96. The maximum Gasteiger partial charge on any atom is 0.200 e. The van der Waals surface area contributed by atoms with Crippen molar-refractivity contribution in [2.24, 2.45) is 5.92 Å². The predicted molar refractivity (Wildman–Crippen MR) is 68.3 cm³/mol. The molecule has 1 fully saturated rings. The molecule has 2 heterocycles. The minimum Gasteiger partial charge on any atom is -0.440 e. The summed E-state index contributed by atoms with van der Waals surface area (Å²) in [7, 11) is 0. The van der Waals surface area contributed by atoms with Gasteiger partial charge in [0.2, 0.25) is 0 Å². The van der Waals surface area contributed by atoms with Crippen LogP contribution in [0.3, 0.4) is 0 Å². The number of fused-ring (bicyclic) bond motifs is 1. The van der Waals surface area contributed by atoms with E-state index in [1.54, 1.807) is 0 Å². The van der Waals surface area contributed by atoms with E-state index in [0.717, 1.165) is 30.1 Å². The molecule has 1 aromatic heterocycles. The van der Waals surface area contributed by atoms with Crippen LogP contribution in [0.2, 0.25) is 0 Å². The molecule has 2 atom stereocenters. The van der Waals surface area contributed by atoms with Gasteiger partial charge in [0.1, 0.15) is 5.52 Å². The van der Waals surface area contributed by atoms with E-state index in [1.807, 2.05) is 0 Å². The molecule has 3 nitrogen and oxygen atoms in total. The molecule has 0 aliphatic carbocycles. The lowest BCUT2D eigenvalue weighted by molar-refractivity contribution is 0.434. The van der Waals surface area contributed by atoms with E-state index in [2.05, 4.69) is 43.2 Å². The second kappa shape index (κ2) is 3.84. The van der Waals surface area contributed by atoms with Crippen molar-refractivity contribution >= 4 is 11.1 Å². The van der Waals surface area contributed by atoms with Crippen LogP contribution in [0, 0.1) is 19.8 Å². The van der Waals surface area contributed by atoms with Gasteiger partial charge in [-0.15, -0.1) is 0 Å². The molecule has 1 N–H and O–H groups in total. The van der Waals surface area contributed by atoms with Crippen molar-refractivity contribution in [2.75, 3.05) is 13.1 Å². The van der Waals surface area contributed by atoms with Crippen molar-refractivity contribution in [3.63, 3.8) is 0 Å². The van der Waals surface area contributed by atoms with Gasteiger partial charge in [0, 0.05) is 6.54 Å². The molecule has 3 heteroatoms. The van der Waals surface area contributed by atoms with Gasteiger partial charge in [-0.1, -0.05) is 13.0 Å². The van der Waals surface area contributed by atoms with Crippen molar-refractivity contribution in [3.05, 3.63) is 29.2 Å². The Balaban J connectivity index is 2.10. The average molecular weight is 230 g/mol. The number of oxazole rings is 1. The monoisotopic (exact) mass is 230 g/mol. The smallest absolute Gasteiger partial charge is 0.200 e. The summed E-state index contributed by atoms with van der Waals surface area (Å²) in [6.07, 6.45) is 0. The van der Waals surface area contributed by atoms with Crippen LogP contribution in [0.5, 0.6) is 0 Å². The SMILES string of the molecule is Cc1cc(C)c2oc(C3CNCC3C)nc2c1. The number of nitrogens with one attached hydrogen (secondary N) is 1. The van der Waals surface area contributed by atoms with Crippen LogP contribution < -0.4 is 5.32 Å². The summed E-state index contributed by atoms with van der Waals surface area (Å²) in [5, 5.41) is 3.39. The van der Waals surface area contributed by atoms with Crippen molar-refractivity contribution in [1.29, 1.82) is 0 Å². The Bertz CT molecular complexity index is 559. The summed E-state index contributed by atoms with van der Waals surface area (Å²) >= 11 is 0. The van der Waals surface area contributed by atoms with Gasteiger partial charge in [0.15, 0.2) is 11.5 Å². The highest BCUT2D eigenvalue weighted by atomic mass is 16.3. The summed E-state index contributed by atoms with van der Waals surface area (Å²) in [6.45, 7) is 8.46. The number of aryl methyl sites for hydroxylation is 2. The predicted octanol–water partition coefficient (Wildman–Crippen LogP) is 2.77. The number of hydrogen-bond donors (Lipinski definition) is 1. The molecule has 1 aliphatic heterocycles. The Hall–Kier alpha value is -1.35. The van der Waals surface area contributed by atoms with Gasteiger partial charge in [0.25, 0.3) is 0 Å². The number of aromatic nitrogens is 1. The summed E-state index contributed by atoms with van der Waals surface area (Å²) in [5.41, 5.74) is 4.37. The standard InChI is InChI=1S/C14H18N2O/c1-8-4-9(2)13-12(5-8)16-14(17-13)11-7-15-6-10(11)3/h4-5,10-11,15H,6-7H2,1-3H3. The van der Waals surface area contributed by atoms with Gasteiger partial charge in [-0.2, -0.15) is 0 Å². The van der Waals surface area contributed by atoms with E-state index in [1.165, 1.54) is 11.1 Å². The molecule has 0 amide bonds. The van der Waals surface area contributed by atoms with E-state index in [0.29, 0.717) is 11.8 Å². The van der Waals surface area contributed by atoms with Gasteiger partial charge in [-0.25, -0.2) is 4.98 Å². The van der Waals surface area contributed by atoms with Crippen LogP contribution in [-0.4, -0.2) is 18.1 Å². The first-order chi connectivity index (χ1) is 8.15. The summed E-state index contributed by atoms with van der Waals surface area (Å²) in [6, 6.07) is 4.25. The molecule has 1 aromatic carbocycles. The zero-order valence-electron chi connectivity index (χ0n) is 10.6. The summed E-state index contributed by atoms with van der Waals surface area (Å²) in [4.78, 5) is 4.66. The Morgan fingerprint density at radius 1 is 1.29 bits per heavy atom. The fourth-order valence-corrected chi connectivity index (χ4v) is 2.69. The van der Waals surface area contributed by atoms with Gasteiger partial charge in [0.05, 0.1) is 5.92 Å². The van der Waals surface area contributed by atoms with Crippen molar-refractivity contribution in [3.8, 4) is 0 Å². The molecule has 1 aliphatic rings. The first-order valence-corrected chi connectivity index (χ1v) is 6.23. The van der Waals surface area contributed by atoms with Gasteiger partial charge in [-0.3, -0.25) is 0 Å². The molecule has 2 aromatic rings. The minimum atomic E-state index is 0.419. The highest BCUT2D eigenvalue weighted by molar-refractivity contribution is 5.77. The van der Waals surface area contributed by atoms with E-state index in [4.69, 9.17) is 4.42 Å². The number of hydrogen-bond acceptors (Lipinski definition) is 3. The Morgan fingerprint density at radius 2 is 2.12 bits per heavy atom. The lowest BCUT2D eigenvalue weighted by Crippen LogP contribution is -2.08. The quantitative estimate of drug-likeness (QED) is 0.818. The van der Waals surface area contributed by atoms with E-state index >= 15 is 0 Å². The largest absolute Gasteiger partial charge is 0.440 e. The Morgan fingerprint density at radius 3 is 2.82 bits per heavy atom. The third-order valence-corrected chi connectivity index (χ3v) is 3.67. The van der Waals surface area contributed by atoms with Gasteiger partial charge in [-0.05, 0) is 43.5 Å². The Labute approximate surface area is 101 Å². The van der Waals surface area contributed by atoms with Crippen LogP contribution in [0.25, 0.3) is 11.1 Å². The first-order valence-electron chi connectivity index (χ1n) is 6.23. The third-order valence-electron chi connectivity index (χ3n) is 3.67. The number of benzene rings is 1. The molecular weight excluding hydrogens is 212 g/mol. The molecule has 3 rings (SSSR count). The van der Waals surface area contributed by atoms with Crippen LogP contribution in [0.15, 0.2) is 16.5 Å². The van der Waals surface area contributed by atoms with Crippen LogP contribution in [0.4, 0.5) is 0 Å². The molecule has 17 heavy (non-hydrogen) atoms. The second-order valence-electron chi connectivity index (χ2n) is 5.22. The second-order valence-corrected chi connectivity index (χ2v) is 5.22. The van der Waals surface area contributed by atoms with Crippen LogP contribution in [0.1, 0.15) is 29.9 Å². The average Bonchev–Trinajstić information content (AvgIpc) is 2.83. The molecule has 0 bridgehead atoms. The van der Waals surface area contributed by atoms with Crippen molar-refractivity contribution in [2.45, 2.75) is 26.7 Å². The van der Waals surface area contributed by atoms with E-state index < -0.39 is 0 Å². The molecule has 0 radical (unpaired) electrons. The lowest BCUT2D eigenvalue weighted by Gasteiger charge is -2.08. The minimum absolute atomic E-state index is 0.419. The molecule has 2 unspecified atom stereocenters. The molecule has 90 valence electrons. The summed E-state index contributed by atoms with van der Waals surface area (Å²) in [5.74, 6) is 1.91. The molecular formula is C14H18N2O. The van der Waals surface area contributed by atoms with Crippen LogP contribution >= 0.6 is 0 Å². The fraction of sp³-hybridized carbons (Fsp3) is 0.500. The van der Waals surface area contributed by atoms with Crippen molar-refractivity contribution < 1.29 is 4.42 Å². The molecule has 0 spiro atoms. The van der Waals surface area contributed by atoms with Crippen molar-refractivity contribution in [1.82, 2.24) is 10.3 Å². The maximum absolute atomic E-state index is 5.96. The zero-order valence-corrected chi connectivity index (χ0v) is 10.6. The van der Waals surface area contributed by atoms with Crippen LogP contribution in [-0.2, 0) is 0 Å². The zero-order chi connectivity index (χ0) is 12.0.